The largest absolute Gasteiger partial charge is 0.417 e. The molecule has 3 atom stereocenters. The minimum absolute atomic E-state index is 0.926. The fourth-order valence-electron chi connectivity index (χ4n) is 3.92. The highest BCUT2D eigenvalue weighted by molar-refractivity contribution is 6.73. The number of hydrogen-bond acceptors (Lipinski definition) is 1. The molecule has 1 nitrogen and oxygen atoms in total. The van der Waals surface area contributed by atoms with Crippen molar-refractivity contribution in [1.29, 1.82) is 0 Å². The maximum absolute atomic E-state index is 6.45. The topological polar surface area (TPSA) is 9.23 Å². The van der Waals surface area contributed by atoms with Gasteiger partial charge in [-0.05, 0) is 55.1 Å². The van der Waals surface area contributed by atoms with E-state index in [1.54, 1.807) is 0 Å². The van der Waals surface area contributed by atoms with Gasteiger partial charge in [0.2, 0.25) is 0 Å². The SMILES string of the molecule is CC[Si](CC)(CC)OCC1CC2CCC1C2. The summed E-state index contributed by atoms with van der Waals surface area (Å²) in [7, 11) is -1.31. The molecule has 0 heterocycles. The Morgan fingerprint density at radius 1 is 1.00 bits per heavy atom. The van der Waals surface area contributed by atoms with Gasteiger partial charge in [0.1, 0.15) is 0 Å². The molecule has 94 valence electrons. The highest BCUT2D eigenvalue weighted by Crippen LogP contribution is 2.48. The van der Waals surface area contributed by atoms with Crippen LogP contribution in [0.1, 0.15) is 46.5 Å². The van der Waals surface area contributed by atoms with Gasteiger partial charge in [-0.3, -0.25) is 0 Å². The van der Waals surface area contributed by atoms with E-state index in [0.29, 0.717) is 0 Å². The van der Waals surface area contributed by atoms with E-state index >= 15 is 0 Å². The Balaban J connectivity index is 1.82. The van der Waals surface area contributed by atoms with Gasteiger partial charge in [-0.2, -0.15) is 0 Å². The molecule has 0 amide bonds. The van der Waals surface area contributed by atoms with E-state index < -0.39 is 8.32 Å². The summed E-state index contributed by atoms with van der Waals surface area (Å²) in [6.45, 7) is 8.10. The van der Waals surface area contributed by atoms with Crippen molar-refractivity contribution in [3.05, 3.63) is 0 Å². The third-order valence-corrected chi connectivity index (χ3v) is 10.1. The molecule has 2 bridgehead atoms. The zero-order chi connectivity index (χ0) is 11.6. The first-order valence-corrected chi connectivity index (χ1v) is 9.90. The summed E-state index contributed by atoms with van der Waals surface area (Å²) in [6, 6.07) is 3.92. The number of rotatable bonds is 6. The second-order valence-corrected chi connectivity index (χ2v) is 10.8. The molecule has 2 saturated carbocycles. The van der Waals surface area contributed by atoms with Gasteiger partial charge in [-0.25, -0.2) is 0 Å². The molecule has 0 aromatic rings. The first kappa shape index (κ1) is 12.6. The molecular formula is C14H28OSi. The molecule has 2 rings (SSSR count). The molecular weight excluding hydrogens is 212 g/mol. The minimum Gasteiger partial charge on any atom is -0.417 e. The summed E-state index contributed by atoms with van der Waals surface area (Å²) in [5.41, 5.74) is 0. The quantitative estimate of drug-likeness (QED) is 0.624. The van der Waals surface area contributed by atoms with E-state index in [1.165, 1.54) is 43.8 Å². The summed E-state index contributed by atoms with van der Waals surface area (Å²) >= 11 is 0. The molecule has 0 aliphatic heterocycles. The molecule has 0 N–H and O–H groups in total. The molecule has 0 spiro atoms. The van der Waals surface area contributed by atoms with Gasteiger partial charge in [0.05, 0.1) is 0 Å². The van der Waals surface area contributed by atoms with E-state index in [-0.39, 0.29) is 0 Å². The van der Waals surface area contributed by atoms with Crippen molar-refractivity contribution in [2.75, 3.05) is 6.61 Å². The standard InChI is InChI=1S/C14H28OSi/c1-4-16(5-2,6-3)15-11-14-10-12-7-8-13(14)9-12/h12-14H,4-11H2,1-3H3. The molecule has 16 heavy (non-hydrogen) atoms. The third-order valence-electron chi connectivity index (χ3n) is 5.42. The van der Waals surface area contributed by atoms with Crippen LogP contribution in [0.25, 0.3) is 0 Å². The first-order chi connectivity index (χ1) is 7.73. The van der Waals surface area contributed by atoms with Crippen molar-refractivity contribution in [3.8, 4) is 0 Å². The lowest BCUT2D eigenvalue weighted by Crippen LogP contribution is -2.38. The van der Waals surface area contributed by atoms with Crippen LogP contribution in [-0.2, 0) is 4.43 Å². The van der Waals surface area contributed by atoms with Crippen LogP contribution in [0.2, 0.25) is 18.1 Å². The Bertz CT molecular complexity index is 217. The second kappa shape index (κ2) is 5.22. The van der Waals surface area contributed by atoms with Crippen LogP contribution in [0.4, 0.5) is 0 Å². The van der Waals surface area contributed by atoms with Crippen LogP contribution < -0.4 is 0 Å². The normalized spacial score (nSPS) is 33.6. The predicted octanol–water partition coefficient (Wildman–Crippen LogP) is 4.44. The zero-order valence-corrected chi connectivity index (χ0v) is 12.3. The molecule has 3 unspecified atom stereocenters. The van der Waals surface area contributed by atoms with E-state index in [1.807, 2.05) is 0 Å². The highest BCUT2D eigenvalue weighted by atomic mass is 28.4. The van der Waals surface area contributed by atoms with Gasteiger partial charge in [0, 0.05) is 6.61 Å². The van der Waals surface area contributed by atoms with E-state index in [9.17, 15) is 0 Å². The summed E-state index contributed by atoms with van der Waals surface area (Å²) in [4.78, 5) is 0. The van der Waals surface area contributed by atoms with Crippen LogP contribution in [0.15, 0.2) is 0 Å². The summed E-state index contributed by atoms with van der Waals surface area (Å²) in [5.74, 6) is 3.03. The van der Waals surface area contributed by atoms with Crippen molar-refractivity contribution in [2.24, 2.45) is 17.8 Å². The average molecular weight is 240 g/mol. The maximum atomic E-state index is 6.45. The van der Waals surface area contributed by atoms with Crippen LogP contribution >= 0.6 is 0 Å². The van der Waals surface area contributed by atoms with E-state index in [2.05, 4.69) is 20.8 Å². The number of fused-ring (bicyclic) bond motifs is 2. The van der Waals surface area contributed by atoms with Crippen molar-refractivity contribution < 1.29 is 4.43 Å². The molecule has 0 radical (unpaired) electrons. The lowest BCUT2D eigenvalue weighted by molar-refractivity contribution is 0.185. The van der Waals surface area contributed by atoms with Crippen molar-refractivity contribution in [2.45, 2.75) is 64.6 Å². The molecule has 0 saturated heterocycles. The first-order valence-electron chi connectivity index (χ1n) is 7.37. The summed E-state index contributed by atoms with van der Waals surface area (Å²) < 4.78 is 6.45. The fraction of sp³-hybridized carbons (Fsp3) is 1.00. The highest BCUT2D eigenvalue weighted by Gasteiger charge is 2.40. The fourth-order valence-corrected chi connectivity index (χ4v) is 6.60. The van der Waals surface area contributed by atoms with Gasteiger partial charge in [0.25, 0.3) is 0 Å². The Hall–Kier alpha value is 0.177. The van der Waals surface area contributed by atoms with Crippen LogP contribution in [0.3, 0.4) is 0 Å². The molecule has 0 aromatic heterocycles. The zero-order valence-electron chi connectivity index (χ0n) is 11.3. The van der Waals surface area contributed by atoms with Crippen molar-refractivity contribution >= 4 is 8.32 Å². The summed E-state index contributed by atoms with van der Waals surface area (Å²) in [5, 5.41) is 0. The van der Waals surface area contributed by atoms with Gasteiger partial charge < -0.3 is 4.43 Å². The average Bonchev–Trinajstić information content (AvgIpc) is 2.93. The van der Waals surface area contributed by atoms with E-state index in [4.69, 9.17) is 4.43 Å². The Morgan fingerprint density at radius 2 is 1.69 bits per heavy atom. The molecule has 2 heteroatoms. The monoisotopic (exact) mass is 240 g/mol. The van der Waals surface area contributed by atoms with Gasteiger partial charge in [-0.1, -0.05) is 27.2 Å². The second-order valence-electron chi connectivity index (χ2n) is 5.99. The Labute approximate surface area is 102 Å². The lowest BCUT2D eigenvalue weighted by Gasteiger charge is -2.31. The molecule has 2 fully saturated rings. The maximum Gasteiger partial charge on any atom is 0.191 e. The van der Waals surface area contributed by atoms with Crippen LogP contribution in [-0.4, -0.2) is 14.9 Å². The minimum atomic E-state index is -1.31. The lowest BCUT2D eigenvalue weighted by atomic mass is 9.90. The van der Waals surface area contributed by atoms with Crippen LogP contribution in [0.5, 0.6) is 0 Å². The van der Waals surface area contributed by atoms with Gasteiger partial charge in [0.15, 0.2) is 8.32 Å². The smallest absolute Gasteiger partial charge is 0.191 e. The molecule has 2 aliphatic carbocycles. The molecule has 2 aliphatic rings. The van der Waals surface area contributed by atoms with Crippen LogP contribution in [0, 0.1) is 17.8 Å². The van der Waals surface area contributed by atoms with Crippen molar-refractivity contribution in [3.63, 3.8) is 0 Å². The van der Waals surface area contributed by atoms with Gasteiger partial charge >= 0.3 is 0 Å². The molecule has 0 aromatic carbocycles. The Kier molecular flexibility index (Phi) is 4.12. The number of hydrogen-bond donors (Lipinski definition) is 0. The predicted molar refractivity (Wildman–Crippen MR) is 72.1 cm³/mol. The third kappa shape index (κ3) is 2.38. The Morgan fingerprint density at radius 3 is 2.12 bits per heavy atom. The van der Waals surface area contributed by atoms with Gasteiger partial charge in [-0.15, -0.1) is 0 Å². The summed E-state index contributed by atoms with van der Waals surface area (Å²) in [6.07, 6.45) is 6.01. The van der Waals surface area contributed by atoms with E-state index in [0.717, 1.165) is 24.4 Å². The van der Waals surface area contributed by atoms with Crippen molar-refractivity contribution in [1.82, 2.24) is 0 Å².